The summed E-state index contributed by atoms with van der Waals surface area (Å²) in [6, 6.07) is -1.04. The molecule has 6 heteroatoms. The van der Waals surface area contributed by atoms with E-state index in [1.165, 1.54) is 11.3 Å². The molecule has 0 aromatic carbocycles. The van der Waals surface area contributed by atoms with Crippen LogP contribution < -0.4 is 5.73 Å². The Hall–Kier alpha value is -0.980. The van der Waals surface area contributed by atoms with Gasteiger partial charge in [0.2, 0.25) is 0 Å². The number of nitrogens with two attached hydrogens (primary N) is 1. The number of rotatable bonds is 5. The first kappa shape index (κ1) is 11.1. The fourth-order valence-corrected chi connectivity index (χ4v) is 1.62. The van der Waals surface area contributed by atoms with E-state index in [1.54, 1.807) is 5.38 Å². The second-order valence-electron chi connectivity index (χ2n) is 2.62. The van der Waals surface area contributed by atoms with Gasteiger partial charge in [-0.15, -0.1) is 11.3 Å². The van der Waals surface area contributed by atoms with Crippen LogP contribution in [0.4, 0.5) is 0 Å². The van der Waals surface area contributed by atoms with Crippen LogP contribution in [0, 0.1) is 0 Å². The molecular weight excluding hydrogens is 204 g/mol. The summed E-state index contributed by atoms with van der Waals surface area (Å²) in [4.78, 5) is 14.6. The highest BCUT2D eigenvalue weighted by Crippen LogP contribution is 2.15. The van der Waals surface area contributed by atoms with Crippen LogP contribution in [0.1, 0.15) is 23.7 Å². The molecule has 5 nitrogen and oxygen atoms in total. The Morgan fingerprint density at radius 2 is 2.57 bits per heavy atom. The van der Waals surface area contributed by atoms with Crippen LogP contribution in [-0.4, -0.2) is 22.7 Å². The van der Waals surface area contributed by atoms with Gasteiger partial charge < -0.3 is 15.6 Å². The van der Waals surface area contributed by atoms with Crippen LogP contribution in [0.5, 0.6) is 0 Å². The van der Waals surface area contributed by atoms with Crippen molar-refractivity contribution in [1.29, 1.82) is 0 Å². The number of ether oxygens (including phenoxy) is 1. The summed E-state index contributed by atoms with van der Waals surface area (Å²) < 4.78 is 5.13. The van der Waals surface area contributed by atoms with Crippen LogP contribution in [-0.2, 0) is 16.1 Å². The standard InChI is InChI=1S/C8H12N2O3S/c1-2-13-3-6-10-5(4-14-6)7(9)8(11)12/h4,7H,2-3,9H2,1H3,(H,11,12). The minimum Gasteiger partial charge on any atom is -0.480 e. The minimum atomic E-state index is -1.07. The summed E-state index contributed by atoms with van der Waals surface area (Å²) in [6.45, 7) is 2.91. The van der Waals surface area contributed by atoms with Crippen molar-refractivity contribution < 1.29 is 14.6 Å². The highest BCUT2D eigenvalue weighted by Gasteiger charge is 2.17. The van der Waals surface area contributed by atoms with E-state index in [9.17, 15) is 4.79 Å². The van der Waals surface area contributed by atoms with E-state index >= 15 is 0 Å². The molecule has 1 aromatic heterocycles. The van der Waals surface area contributed by atoms with Gasteiger partial charge in [-0.3, -0.25) is 4.79 Å². The Kier molecular flexibility index (Phi) is 3.99. The van der Waals surface area contributed by atoms with E-state index in [-0.39, 0.29) is 0 Å². The predicted octanol–water partition coefficient (Wildman–Crippen LogP) is 0.764. The molecule has 0 saturated carbocycles. The van der Waals surface area contributed by atoms with Crippen LogP contribution in [0.15, 0.2) is 5.38 Å². The van der Waals surface area contributed by atoms with Gasteiger partial charge in [0.05, 0.1) is 12.3 Å². The van der Waals surface area contributed by atoms with E-state index in [1.807, 2.05) is 6.92 Å². The number of hydrogen-bond acceptors (Lipinski definition) is 5. The first-order valence-electron chi connectivity index (χ1n) is 4.15. The maximum absolute atomic E-state index is 10.5. The lowest BCUT2D eigenvalue weighted by atomic mass is 10.2. The molecule has 0 aliphatic heterocycles. The van der Waals surface area contributed by atoms with Crippen molar-refractivity contribution in [1.82, 2.24) is 4.98 Å². The number of carbonyl (C=O) groups is 1. The smallest absolute Gasteiger partial charge is 0.326 e. The third kappa shape index (κ3) is 2.76. The van der Waals surface area contributed by atoms with Crippen LogP contribution >= 0.6 is 11.3 Å². The van der Waals surface area contributed by atoms with Gasteiger partial charge in [-0.2, -0.15) is 0 Å². The Morgan fingerprint density at radius 3 is 3.14 bits per heavy atom. The van der Waals surface area contributed by atoms with Crippen molar-refractivity contribution in [2.75, 3.05) is 6.61 Å². The van der Waals surface area contributed by atoms with Crippen molar-refractivity contribution >= 4 is 17.3 Å². The molecule has 0 saturated heterocycles. The molecule has 1 atom stereocenters. The van der Waals surface area contributed by atoms with Crippen molar-refractivity contribution in [3.05, 3.63) is 16.1 Å². The molecule has 3 N–H and O–H groups in total. The quantitative estimate of drug-likeness (QED) is 0.759. The average Bonchev–Trinajstić information content (AvgIpc) is 2.61. The van der Waals surface area contributed by atoms with Gasteiger partial charge in [0.25, 0.3) is 0 Å². The zero-order valence-corrected chi connectivity index (χ0v) is 8.58. The topological polar surface area (TPSA) is 85.4 Å². The summed E-state index contributed by atoms with van der Waals surface area (Å²) in [6.07, 6.45) is 0. The lowest BCUT2D eigenvalue weighted by Gasteiger charge is -2.00. The van der Waals surface area contributed by atoms with E-state index in [4.69, 9.17) is 15.6 Å². The molecule has 0 bridgehead atoms. The first-order valence-corrected chi connectivity index (χ1v) is 5.03. The number of nitrogens with zero attached hydrogens (tertiary/aromatic N) is 1. The van der Waals surface area contributed by atoms with Gasteiger partial charge in [0, 0.05) is 12.0 Å². The molecule has 1 aromatic rings. The molecule has 1 unspecified atom stereocenters. The van der Waals surface area contributed by atoms with Gasteiger partial charge >= 0.3 is 5.97 Å². The van der Waals surface area contributed by atoms with E-state index in [0.717, 1.165) is 5.01 Å². The lowest BCUT2D eigenvalue weighted by molar-refractivity contribution is -0.138. The summed E-state index contributed by atoms with van der Waals surface area (Å²) >= 11 is 1.36. The largest absolute Gasteiger partial charge is 0.480 e. The normalized spacial score (nSPS) is 12.7. The molecule has 0 aliphatic rings. The van der Waals surface area contributed by atoms with Gasteiger partial charge in [-0.1, -0.05) is 0 Å². The van der Waals surface area contributed by atoms with Gasteiger partial charge in [0.1, 0.15) is 11.0 Å². The molecule has 1 rings (SSSR count). The second-order valence-corrected chi connectivity index (χ2v) is 3.56. The van der Waals surface area contributed by atoms with Crippen LogP contribution in [0.25, 0.3) is 0 Å². The fourth-order valence-electron chi connectivity index (χ4n) is 0.850. The van der Waals surface area contributed by atoms with Crippen molar-refractivity contribution in [2.24, 2.45) is 5.73 Å². The maximum Gasteiger partial charge on any atom is 0.326 e. The number of aromatic nitrogens is 1. The molecule has 14 heavy (non-hydrogen) atoms. The van der Waals surface area contributed by atoms with Crippen molar-refractivity contribution in [2.45, 2.75) is 19.6 Å². The lowest BCUT2D eigenvalue weighted by Crippen LogP contribution is -2.20. The zero-order chi connectivity index (χ0) is 10.6. The number of thiazole rings is 1. The van der Waals surface area contributed by atoms with E-state index < -0.39 is 12.0 Å². The number of hydrogen-bond donors (Lipinski definition) is 2. The summed E-state index contributed by atoms with van der Waals surface area (Å²) in [7, 11) is 0. The number of carboxylic acids is 1. The molecular formula is C8H12N2O3S. The molecule has 0 amide bonds. The Labute approximate surface area is 85.5 Å². The van der Waals surface area contributed by atoms with Crippen molar-refractivity contribution in [3.63, 3.8) is 0 Å². The molecule has 0 spiro atoms. The Morgan fingerprint density at radius 1 is 1.86 bits per heavy atom. The van der Waals surface area contributed by atoms with Gasteiger partial charge in [0.15, 0.2) is 0 Å². The monoisotopic (exact) mass is 216 g/mol. The fraction of sp³-hybridized carbons (Fsp3) is 0.500. The summed E-state index contributed by atoms with van der Waals surface area (Å²) in [5.41, 5.74) is 5.77. The summed E-state index contributed by atoms with van der Waals surface area (Å²) in [5.74, 6) is -1.07. The molecule has 1 heterocycles. The predicted molar refractivity (Wildman–Crippen MR) is 52.0 cm³/mol. The number of carboxylic acid groups (broad SMARTS) is 1. The molecule has 78 valence electrons. The SMILES string of the molecule is CCOCc1nc(C(N)C(=O)O)cs1. The highest BCUT2D eigenvalue weighted by molar-refractivity contribution is 7.09. The highest BCUT2D eigenvalue weighted by atomic mass is 32.1. The molecule has 0 radical (unpaired) electrons. The summed E-state index contributed by atoms with van der Waals surface area (Å²) in [5, 5.41) is 11.0. The molecule has 0 aliphatic carbocycles. The zero-order valence-electron chi connectivity index (χ0n) is 7.77. The Balaban J connectivity index is 2.63. The van der Waals surface area contributed by atoms with Crippen LogP contribution in [0.2, 0.25) is 0 Å². The Bertz CT molecular complexity index is 313. The third-order valence-electron chi connectivity index (χ3n) is 1.58. The first-order chi connectivity index (χ1) is 6.65. The van der Waals surface area contributed by atoms with Crippen LogP contribution in [0.3, 0.4) is 0 Å². The third-order valence-corrected chi connectivity index (χ3v) is 2.42. The van der Waals surface area contributed by atoms with Gasteiger partial charge in [-0.05, 0) is 6.92 Å². The maximum atomic E-state index is 10.5. The minimum absolute atomic E-state index is 0.386. The molecule has 0 fully saturated rings. The average molecular weight is 216 g/mol. The second kappa shape index (κ2) is 5.04. The van der Waals surface area contributed by atoms with Crippen molar-refractivity contribution in [3.8, 4) is 0 Å². The van der Waals surface area contributed by atoms with Gasteiger partial charge in [-0.25, -0.2) is 4.98 Å². The number of aliphatic carboxylic acids is 1. The van der Waals surface area contributed by atoms with E-state index in [2.05, 4.69) is 4.98 Å². The van der Waals surface area contributed by atoms with E-state index in [0.29, 0.717) is 18.9 Å².